The van der Waals surface area contributed by atoms with Crippen LogP contribution in [-0.4, -0.2) is 49.8 Å². The number of thioether (sulfide) groups is 1. The molecule has 0 unspecified atom stereocenters. The molecule has 1 saturated heterocycles. The molecule has 0 bridgehead atoms. The van der Waals surface area contributed by atoms with Gasteiger partial charge in [0.2, 0.25) is 0 Å². The number of carbonyl (C=O) groups excluding carboxylic acids is 1. The Bertz CT molecular complexity index is 484. The molecule has 1 amide bonds. The van der Waals surface area contributed by atoms with Crippen molar-refractivity contribution in [2.24, 2.45) is 0 Å². The molecule has 7 heteroatoms. The first-order valence-corrected chi connectivity index (χ1v) is 6.29. The lowest BCUT2D eigenvalue weighted by molar-refractivity contribution is -0.140. The number of carboxylic acids is 1. The fraction of sp³-hybridized carbons (Fsp3) is 0.273. The maximum absolute atomic E-state index is 12.1. The van der Waals surface area contributed by atoms with Gasteiger partial charge in [0.05, 0.1) is 5.88 Å². The molecule has 96 valence electrons. The number of nitrogens with zero attached hydrogens (tertiary/aromatic N) is 1. The van der Waals surface area contributed by atoms with Gasteiger partial charge in [-0.25, -0.2) is 4.79 Å². The third kappa shape index (κ3) is 2.35. The number of hydrogen-bond acceptors (Lipinski definition) is 5. The lowest BCUT2D eigenvalue weighted by Gasteiger charge is -2.20. The van der Waals surface area contributed by atoms with Crippen LogP contribution in [0.3, 0.4) is 0 Å². The van der Waals surface area contributed by atoms with E-state index >= 15 is 0 Å². The van der Waals surface area contributed by atoms with Crippen molar-refractivity contribution in [3.8, 4) is 11.5 Å². The molecule has 1 aliphatic heterocycles. The molecule has 0 spiro atoms. The molecular weight excluding hydrogens is 258 g/mol. The van der Waals surface area contributed by atoms with E-state index in [9.17, 15) is 19.8 Å². The second-order valence-electron chi connectivity index (χ2n) is 3.87. The van der Waals surface area contributed by atoms with E-state index in [0.717, 1.165) is 6.07 Å². The van der Waals surface area contributed by atoms with Crippen LogP contribution in [0, 0.1) is 0 Å². The summed E-state index contributed by atoms with van der Waals surface area (Å²) in [6.07, 6.45) is 0. The fourth-order valence-electron chi connectivity index (χ4n) is 1.73. The number of phenols is 2. The second kappa shape index (κ2) is 4.77. The lowest BCUT2D eigenvalue weighted by atomic mass is 10.1. The van der Waals surface area contributed by atoms with E-state index in [1.54, 1.807) is 0 Å². The van der Waals surface area contributed by atoms with Gasteiger partial charge >= 0.3 is 5.97 Å². The summed E-state index contributed by atoms with van der Waals surface area (Å²) in [5.74, 6) is -1.43. The van der Waals surface area contributed by atoms with Gasteiger partial charge in [-0.05, 0) is 12.1 Å². The van der Waals surface area contributed by atoms with Crippen molar-refractivity contribution < 1.29 is 24.9 Å². The minimum atomic E-state index is -1.06. The quantitative estimate of drug-likeness (QED) is 0.731. The summed E-state index contributed by atoms with van der Waals surface area (Å²) >= 11 is 1.35. The van der Waals surface area contributed by atoms with E-state index in [2.05, 4.69) is 0 Å². The lowest BCUT2D eigenvalue weighted by Crippen LogP contribution is -2.41. The Balaban J connectivity index is 2.28. The van der Waals surface area contributed by atoms with Crippen LogP contribution in [0.15, 0.2) is 18.2 Å². The number of rotatable bonds is 2. The topological polar surface area (TPSA) is 98.1 Å². The van der Waals surface area contributed by atoms with Crippen molar-refractivity contribution in [1.29, 1.82) is 0 Å². The smallest absolute Gasteiger partial charge is 0.327 e. The number of aliphatic carboxylic acids is 1. The first-order chi connectivity index (χ1) is 8.49. The van der Waals surface area contributed by atoms with Crippen LogP contribution in [-0.2, 0) is 4.79 Å². The monoisotopic (exact) mass is 269 g/mol. The third-order valence-corrected chi connectivity index (χ3v) is 3.59. The number of carboxylic acid groups (broad SMARTS) is 1. The van der Waals surface area contributed by atoms with Crippen LogP contribution >= 0.6 is 11.8 Å². The first kappa shape index (κ1) is 12.6. The number of aromatic hydroxyl groups is 2. The van der Waals surface area contributed by atoms with E-state index in [0.29, 0.717) is 5.75 Å². The number of hydrogen-bond donors (Lipinski definition) is 3. The Morgan fingerprint density at radius 1 is 1.22 bits per heavy atom. The first-order valence-electron chi connectivity index (χ1n) is 5.13. The van der Waals surface area contributed by atoms with Gasteiger partial charge in [-0.1, -0.05) is 0 Å². The van der Waals surface area contributed by atoms with Crippen LogP contribution in [0.4, 0.5) is 0 Å². The van der Waals surface area contributed by atoms with Crippen molar-refractivity contribution in [3.05, 3.63) is 23.8 Å². The third-order valence-electron chi connectivity index (χ3n) is 2.58. The van der Waals surface area contributed by atoms with Gasteiger partial charge in [0.1, 0.15) is 17.5 Å². The molecule has 1 aromatic rings. The van der Waals surface area contributed by atoms with E-state index in [1.165, 1.54) is 28.8 Å². The van der Waals surface area contributed by atoms with Crippen molar-refractivity contribution in [2.75, 3.05) is 11.6 Å². The van der Waals surface area contributed by atoms with E-state index < -0.39 is 17.9 Å². The summed E-state index contributed by atoms with van der Waals surface area (Å²) < 4.78 is 0. The molecule has 2 rings (SSSR count). The zero-order valence-corrected chi connectivity index (χ0v) is 10.1. The zero-order chi connectivity index (χ0) is 13.3. The summed E-state index contributed by atoms with van der Waals surface area (Å²) in [6.45, 7) is 0. The maximum Gasteiger partial charge on any atom is 0.327 e. The molecule has 3 N–H and O–H groups in total. The van der Waals surface area contributed by atoms with Gasteiger partial charge in [-0.2, -0.15) is 0 Å². The highest BCUT2D eigenvalue weighted by Gasteiger charge is 2.35. The number of benzene rings is 1. The zero-order valence-electron chi connectivity index (χ0n) is 9.24. The fourth-order valence-corrected chi connectivity index (χ4v) is 2.88. The summed E-state index contributed by atoms with van der Waals surface area (Å²) in [7, 11) is 0. The van der Waals surface area contributed by atoms with Gasteiger partial charge in [-0.15, -0.1) is 11.8 Å². The highest BCUT2D eigenvalue weighted by molar-refractivity contribution is 7.99. The Kier molecular flexibility index (Phi) is 3.33. The van der Waals surface area contributed by atoms with E-state index in [1.807, 2.05) is 0 Å². The van der Waals surface area contributed by atoms with E-state index in [4.69, 9.17) is 5.11 Å². The molecule has 1 aliphatic rings. The summed E-state index contributed by atoms with van der Waals surface area (Å²) in [4.78, 5) is 24.3. The van der Waals surface area contributed by atoms with Crippen molar-refractivity contribution in [3.63, 3.8) is 0 Å². The predicted molar refractivity (Wildman–Crippen MR) is 64.7 cm³/mol. The Morgan fingerprint density at radius 3 is 2.39 bits per heavy atom. The van der Waals surface area contributed by atoms with Crippen molar-refractivity contribution in [1.82, 2.24) is 4.90 Å². The maximum atomic E-state index is 12.1. The minimum Gasteiger partial charge on any atom is -0.508 e. The number of phenolic OH excluding ortho intramolecular Hbond substituents is 2. The molecule has 0 aromatic heterocycles. The molecule has 18 heavy (non-hydrogen) atoms. The van der Waals surface area contributed by atoms with Crippen molar-refractivity contribution in [2.45, 2.75) is 6.04 Å². The van der Waals surface area contributed by atoms with Crippen LogP contribution in [0.25, 0.3) is 0 Å². The van der Waals surface area contributed by atoms with Crippen LogP contribution in [0.2, 0.25) is 0 Å². The highest BCUT2D eigenvalue weighted by atomic mass is 32.2. The highest BCUT2D eigenvalue weighted by Crippen LogP contribution is 2.26. The summed E-state index contributed by atoms with van der Waals surface area (Å²) in [5.41, 5.74) is 0.0706. The molecule has 1 aromatic carbocycles. The SMILES string of the molecule is O=C(O)[C@@H]1CSCN1C(=O)c1cc(O)cc(O)c1. The van der Waals surface area contributed by atoms with Gasteiger partial charge in [0.15, 0.2) is 0 Å². The molecule has 1 fully saturated rings. The minimum absolute atomic E-state index is 0.0706. The Morgan fingerprint density at radius 2 is 1.83 bits per heavy atom. The standard InChI is InChI=1S/C11H11NO5S/c13-7-1-6(2-8(14)3-7)10(15)12-5-18-4-9(12)11(16)17/h1-3,9,13-14H,4-5H2,(H,16,17)/t9-/m0/s1. The average molecular weight is 269 g/mol. The summed E-state index contributed by atoms with van der Waals surface area (Å²) in [5, 5.41) is 27.6. The Labute approximate surface area is 107 Å². The van der Waals surface area contributed by atoms with Crippen LogP contribution < -0.4 is 0 Å². The molecule has 0 aliphatic carbocycles. The van der Waals surface area contributed by atoms with Crippen LogP contribution in [0.1, 0.15) is 10.4 Å². The molecule has 0 radical (unpaired) electrons. The number of carbonyl (C=O) groups is 2. The molecular formula is C11H11NO5S. The van der Waals surface area contributed by atoms with Gasteiger partial charge in [-0.3, -0.25) is 4.79 Å². The van der Waals surface area contributed by atoms with Crippen molar-refractivity contribution >= 4 is 23.6 Å². The predicted octanol–water partition coefficient (Wildman–Crippen LogP) is 0.697. The molecule has 1 atom stereocenters. The second-order valence-corrected chi connectivity index (χ2v) is 4.87. The van der Waals surface area contributed by atoms with Gasteiger partial charge in [0, 0.05) is 17.4 Å². The largest absolute Gasteiger partial charge is 0.508 e. The molecule has 1 heterocycles. The van der Waals surface area contributed by atoms with Crippen LogP contribution in [0.5, 0.6) is 11.5 Å². The normalized spacial score (nSPS) is 18.9. The van der Waals surface area contributed by atoms with Gasteiger partial charge in [0.25, 0.3) is 5.91 Å². The molecule has 6 nitrogen and oxygen atoms in total. The molecule has 0 saturated carbocycles. The Hall–Kier alpha value is -1.89. The average Bonchev–Trinajstić information content (AvgIpc) is 2.75. The van der Waals surface area contributed by atoms with Gasteiger partial charge < -0.3 is 20.2 Å². The summed E-state index contributed by atoms with van der Waals surface area (Å²) in [6, 6.07) is 2.63. The van der Waals surface area contributed by atoms with E-state index in [-0.39, 0.29) is 22.9 Å². The number of amides is 1.